The van der Waals surface area contributed by atoms with E-state index < -0.39 is 6.10 Å². The first-order chi connectivity index (χ1) is 7.15. The summed E-state index contributed by atoms with van der Waals surface area (Å²) in [6.07, 6.45) is 0.307. The van der Waals surface area contributed by atoms with E-state index in [-0.39, 0.29) is 11.9 Å². The third-order valence-electron chi connectivity index (χ3n) is 2.11. The van der Waals surface area contributed by atoms with Crippen molar-refractivity contribution in [2.75, 3.05) is 0 Å². The molecule has 1 rings (SSSR count). The van der Waals surface area contributed by atoms with Crippen LogP contribution in [0.3, 0.4) is 0 Å². The topological polar surface area (TPSA) is 43.4 Å². The van der Waals surface area contributed by atoms with Crippen LogP contribution in [0.4, 0.5) is 0 Å². The summed E-state index contributed by atoms with van der Waals surface area (Å²) < 4.78 is 5.12. The Morgan fingerprint density at radius 3 is 2.40 bits per heavy atom. The SMILES string of the molecule is CC(=O)OC(c1ccccc1)C(C)C=O. The van der Waals surface area contributed by atoms with Crippen molar-refractivity contribution in [1.29, 1.82) is 0 Å². The second-order valence-electron chi connectivity index (χ2n) is 3.44. The average molecular weight is 206 g/mol. The number of ether oxygens (including phenoxy) is 1. The molecule has 0 fully saturated rings. The quantitative estimate of drug-likeness (QED) is 0.560. The zero-order valence-corrected chi connectivity index (χ0v) is 8.84. The molecule has 1 aromatic rings. The molecule has 0 amide bonds. The Bertz CT molecular complexity index is 332. The van der Waals surface area contributed by atoms with Gasteiger partial charge in [-0.3, -0.25) is 4.79 Å². The molecule has 3 heteroatoms. The molecular weight excluding hydrogens is 192 g/mol. The molecule has 0 spiro atoms. The normalized spacial score (nSPS) is 14.0. The van der Waals surface area contributed by atoms with E-state index in [0.29, 0.717) is 0 Å². The van der Waals surface area contributed by atoms with E-state index >= 15 is 0 Å². The first-order valence-corrected chi connectivity index (χ1v) is 4.82. The van der Waals surface area contributed by atoms with Gasteiger partial charge in [0.1, 0.15) is 12.4 Å². The van der Waals surface area contributed by atoms with Crippen molar-refractivity contribution in [3.63, 3.8) is 0 Å². The van der Waals surface area contributed by atoms with Gasteiger partial charge in [-0.2, -0.15) is 0 Å². The summed E-state index contributed by atoms with van der Waals surface area (Å²) in [7, 11) is 0. The fourth-order valence-corrected chi connectivity index (χ4v) is 1.37. The van der Waals surface area contributed by atoms with Gasteiger partial charge >= 0.3 is 5.97 Å². The maximum absolute atomic E-state index is 10.9. The van der Waals surface area contributed by atoms with Crippen LogP contribution in [0.5, 0.6) is 0 Å². The molecule has 0 heterocycles. The molecule has 2 unspecified atom stereocenters. The Labute approximate surface area is 89.1 Å². The molecule has 3 nitrogen and oxygen atoms in total. The third kappa shape index (κ3) is 3.20. The lowest BCUT2D eigenvalue weighted by atomic mass is 9.98. The van der Waals surface area contributed by atoms with Crippen molar-refractivity contribution >= 4 is 12.3 Å². The van der Waals surface area contributed by atoms with Gasteiger partial charge < -0.3 is 9.53 Å². The maximum Gasteiger partial charge on any atom is 0.303 e. The summed E-state index contributed by atoms with van der Waals surface area (Å²) in [6, 6.07) is 9.26. The molecule has 80 valence electrons. The zero-order valence-electron chi connectivity index (χ0n) is 8.84. The first-order valence-electron chi connectivity index (χ1n) is 4.82. The summed E-state index contributed by atoms with van der Waals surface area (Å²) in [6.45, 7) is 3.07. The highest BCUT2D eigenvalue weighted by Crippen LogP contribution is 2.24. The first kappa shape index (κ1) is 11.4. The fourth-order valence-electron chi connectivity index (χ4n) is 1.37. The van der Waals surface area contributed by atoms with Gasteiger partial charge in [-0.1, -0.05) is 37.3 Å². The molecule has 0 aliphatic carbocycles. The van der Waals surface area contributed by atoms with E-state index in [0.717, 1.165) is 11.8 Å². The number of esters is 1. The molecule has 0 N–H and O–H groups in total. The molecule has 0 radical (unpaired) electrons. The molecule has 15 heavy (non-hydrogen) atoms. The number of aldehydes is 1. The molecule has 0 saturated carbocycles. The van der Waals surface area contributed by atoms with E-state index in [1.165, 1.54) is 6.92 Å². The van der Waals surface area contributed by atoms with E-state index in [9.17, 15) is 9.59 Å². The van der Waals surface area contributed by atoms with E-state index in [2.05, 4.69) is 0 Å². The Balaban J connectivity index is 2.90. The molecule has 0 aromatic heterocycles. The third-order valence-corrected chi connectivity index (χ3v) is 2.11. The number of hydrogen-bond acceptors (Lipinski definition) is 3. The maximum atomic E-state index is 10.9. The van der Waals surface area contributed by atoms with Crippen LogP contribution in [0.15, 0.2) is 30.3 Å². The van der Waals surface area contributed by atoms with Crippen molar-refractivity contribution in [2.45, 2.75) is 20.0 Å². The standard InChI is InChI=1S/C12H14O3/c1-9(8-13)12(15-10(2)14)11-6-4-3-5-7-11/h3-9,12H,1-2H3. The van der Waals surface area contributed by atoms with E-state index in [1.807, 2.05) is 30.3 Å². The van der Waals surface area contributed by atoms with Crippen LogP contribution in [0.2, 0.25) is 0 Å². The molecule has 0 aliphatic heterocycles. The van der Waals surface area contributed by atoms with Crippen LogP contribution in [-0.4, -0.2) is 12.3 Å². The van der Waals surface area contributed by atoms with Crippen molar-refractivity contribution < 1.29 is 14.3 Å². The monoisotopic (exact) mass is 206 g/mol. The fraction of sp³-hybridized carbons (Fsp3) is 0.333. The Kier molecular flexibility index (Phi) is 4.03. The van der Waals surface area contributed by atoms with Crippen LogP contribution >= 0.6 is 0 Å². The second-order valence-corrected chi connectivity index (χ2v) is 3.44. The predicted octanol–water partition coefficient (Wildman–Crippen LogP) is 2.13. The molecular formula is C12H14O3. The van der Waals surface area contributed by atoms with Gasteiger partial charge in [0.25, 0.3) is 0 Å². The summed E-state index contributed by atoms with van der Waals surface area (Å²) in [5, 5.41) is 0. The Morgan fingerprint density at radius 2 is 1.93 bits per heavy atom. The van der Waals surface area contributed by atoms with Crippen molar-refractivity contribution in [3.05, 3.63) is 35.9 Å². The van der Waals surface area contributed by atoms with Crippen molar-refractivity contribution in [2.24, 2.45) is 5.92 Å². The molecule has 0 bridgehead atoms. The number of carbonyl (C=O) groups excluding carboxylic acids is 2. The van der Waals surface area contributed by atoms with E-state index in [4.69, 9.17) is 4.74 Å². The highest BCUT2D eigenvalue weighted by Gasteiger charge is 2.21. The highest BCUT2D eigenvalue weighted by molar-refractivity contribution is 5.67. The smallest absolute Gasteiger partial charge is 0.303 e. The van der Waals surface area contributed by atoms with Gasteiger partial charge in [-0.05, 0) is 5.56 Å². The van der Waals surface area contributed by atoms with E-state index in [1.54, 1.807) is 6.92 Å². The largest absolute Gasteiger partial charge is 0.457 e. The minimum atomic E-state index is -0.485. The van der Waals surface area contributed by atoms with Crippen LogP contribution < -0.4 is 0 Å². The van der Waals surface area contributed by atoms with Gasteiger partial charge in [0, 0.05) is 6.92 Å². The number of hydrogen-bond donors (Lipinski definition) is 0. The zero-order chi connectivity index (χ0) is 11.3. The van der Waals surface area contributed by atoms with Gasteiger partial charge in [-0.15, -0.1) is 0 Å². The Hall–Kier alpha value is -1.64. The average Bonchev–Trinajstić information content (AvgIpc) is 2.26. The number of benzene rings is 1. The number of rotatable bonds is 4. The lowest BCUT2D eigenvalue weighted by Crippen LogP contribution is -2.17. The number of carbonyl (C=O) groups is 2. The summed E-state index contributed by atoms with van der Waals surface area (Å²) in [5.41, 5.74) is 0.840. The summed E-state index contributed by atoms with van der Waals surface area (Å²) in [5.74, 6) is -0.714. The highest BCUT2D eigenvalue weighted by atomic mass is 16.5. The van der Waals surface area contributed by atoms with Gasteiger partial charge in [0.2, 0.25) is 0 Å². The van der Waals surface area contributed by atoms with Crippen molar-refractivity contribution in [1.82, 2.24) is 0 Å². The van der Waals surface area contributed by atoms with Crippen LogP contribution in [0.1, 0.15) is 25.5 Å². The Morgan fingerprint density at radius 1 is 1.33 bits per heavy atom. The van der Waals surface area contributed by atoms with Gasteiger partial charge in [0.05, 0.1) is 5.92 Å². The van der Waals surface area contributed by atoms with Crippen molar-refractivity contribution in [3.8, 4) is 0 Å². The second kappa shape index (κ2) is 5.29. The lowest BCUT2D eigenvalue weighted by molar-refractivity contribution is -0.149. The predicted molar refractivity (Wildman–Crippen MR) is 56.2 cm³/mol. The minimum absolute atomic E-state index is 0.337. The van der Waals surface area contributed by atoms with Crippen LogP contribution in [0.25, 0.3) is 0 Å². The molecule has 2 atom stereocenters. The summed E-state index contributed by atoms with van der Waals surface area (Å²) in [4.78, 5) is 21.6. The minimum Gasteiger partial charge on any atom is -0.457 e. The molecule has 1 aromatic carbocycles. The summed E-state index contributed by atoms with van der Waals surface area (Å²) >= 11 is 0. The van der Waals surface area contributed by atoms with Gasteiger partial charge in [-0.25, -0.2) is 0 Å². The molecule has 0 aliphatic rings. The van der Waals surface area contributed by atoms with Crippen LogP contribution in [0, 0.1) is 5.92 Å². The molecule has 0 saturated heterocycles. The lowest BCUT2D eigenvalue weighted by Gasteiger charge is -2.19. The van der Waals surface area contributed by atoms with Crippen LogP contribution in [-0.2, 0) is 14.3 Å². The van der Waals surface area contributed by atoms with Gasteiger partial charge in [0.15, 0.2) is 0 Å².